The minimum Gasteiger partial charge on any atom is -0.369 e. The summed E-state index contributed by atoms with van der Waals surface area (Å²) in [5, 5.41) is 3.52. The van der Waals surface area contributed by atoms with Gasteiger partial charge in [-0.3, -0.25) is 4.79 Å². The van der Waals surface area contributed by atoms with Gasteiger partial charge in [-0.2, -0.15) is 4.99 Å². The fraction of sp³-hybridized carbons (Fsp3) is 0.105. The molecule has 0 saturated carbocycles. The van der Waals surface area contributed by atoms with E-state index < -0.39 is 0 Å². The highest BCUT2D eigenvalue weighted by molar-refractivity contribution is 7.19. The maximum absolute atomic E-state index is 11.4. The molecule has 0 fully saturated rings. The largest absolute Gasteiger partial charge is 0.369 e. The zero-order valence-electron chi connectivity index (χ0n) is 13.8. The summed E-state index contributed by atoms with van der Waals surface area (Å²) in [7, 11) is 0. The molecule has 3 aromatic rings. The molecule has 3 rings (SSSR count). The van der Waals surface area contributed by atoms with E-state index >= 15 is 0 Å². The van der Waals surface area contributed by atoms with Crippen molar-refractivity contribution in [2.75, 3.05) is 5.32 Å². The van der Waals surface area contributed by atoms with Crippen LogP contribution in [0.25, 0.3) is 21.7 Å². The number of thiazole rings is 1. The van der Waals surface area contributed by atoms with Crippen molar-refractivity contribution in [3.63, 3.8) is 0 Å². The summed E-state index contributed by atoms with van der Waals surface area (Å²) in [6.07, 6.45) is 0.310. The summed E-state index contributed by atoms with van der Waals surface area (Å²) < 4.78 is 0. The number of carbonyl (C=O) groups excluding carboxylic acids is 1. The van der Waals surface area contributed by atoms with Gasteiger partial charge in [0.1, 0.15) is 0 Å². The van der Waals surface area contributed by atoms with Crippen molar-refractivity contribution in [3.8, 4) is 21.7 Å². The molecule has 0 aliphatic carbocycles. The van der Waals surface area contributed by atoms with Crippen LogP contribution in [0.15, 0.2) is 65.7 Å². The zero-order valence-corrected chi connectivity index (χ0v) is 14.6. The third kappa shape index (κ3) is 4.10. The number of amides is 1. The third-order valence-electron chi connectivity index (χ3n) is 3.49. The van der Waals surface area contributed by atoms with E-state index in [2.05, 4.69) is 15.3 Å². The predicted molar refractivity (Wildman–Crippen MR) is 104 cm³/mol. The number of carbonyl (C=O) groups is 1. The van der Waals surface area contributed by atoms with Crippen molar-refractivity contribution in [2.24, 2.45) is 10.7 Å². The van der Waals surface area contributed by atoms with Crippen LogP contribution >= 0.6 is 11.3 Å². The van der Waals surface area contributed by atoms with E-state index in [-0.39, 0.29) is 11.9 Å². The number of guanidine groups is 1. The predicted octanol–water partition coefficient (Wildman–Crippen LogP) is 4.14. The van der Waals surface area contributed by atoms with Crippen LogP contribution in [0.1, 0.15) is 13.3 Å². The van der Waals surface area contributed by atoms with E-state index in [4.69, 9.17) is 5.73 Å². The summed E-state index contributed by atoms with van der Waals surface area (Å²) >= 11 is 1.48. The van der Waals surface area contributed by atoms with E-state index in [0.29, 0.717) is 11.6 Å². The Bertz CT molecular complexity index is 831. The van der Waals surface area contributed by atoms with Crippen molar-refractivity contribution in [3.05, 3.63) is 60.7 Å². The second-order valence-corrected chi connectivity index (χ2v) is 6.30. The van der Waals surface area contributed by atoms with Crippen LogP contribution in [0.3, 0.4) is 0 Å². The Hall–Kier alpha value is -2.99. The van der Waals surface area contributed by atoms with Crippen LogP contribution < -0.4 is 11.1 Å². The second-order valence-electron chi connectivity index (χ2n) is 5.30. The Morgan fingerprint density at radius 1 is 1.08 bits per heavy atom. The lowest BCUT2D eigenvalue weighted by molar-refractivity contribution is -0.117. The van der Waals surface area contributed by atoms with Gasteiger partial charge in [0.25, 0.3) is 0 Å². The fourth-order valence-electron chi connectivity index (χ4n) is 2.30. The molecule has 0 aliphatic rings. The number of aromatic nitrogens is 1. The molecular formula is C19H18N4OS. The Labute approximate surface area is 150 Å². The van der Waals surface area contributed by atoms with Crippen molar-refractivity contribution in [1.82, 2.24) is 4.98 Å². The first-order chi connectivity index (χ1) is 12.2. The van der Waals surface area contributed by atoms with Crippen LogP contribution in [0.5, 0.6) is 0 Å². The van der Waals surface area contributed by atoms with Crippen LogP contribution in [0.2, 0.25) is 0 Å². The number of aliphatic imine (C=N–C) groups is 1. The number of rotatable bonds is 4. The fourth-order valence-corrected chi connectivity index (χ4v) is 3.30. The molecular weight excluding hydrogens is 332 g/mol. The number of hydrogen-bond donors (Lipinski definition) is 2. The number of nitrogens with zero attached hydrogens (tertiary/aromatic N) is 2. The first-order valence-corrected chi connectivity index (χ1v) is 8.74. The van der Waals surface area contributed by atoms with Gasteiger partial charge in [-0.1, -0.05) is 78.9 Å². The lowest BCUT2D eigenvalue weighted by Gasteiger charge is -2.02. The molecule has 0 unspecified atom stereocenters. The Morgan fingerprint density at radius 2 is 1.68 bits per heavy atom. The van der Waals surface area contributed by atoms with Crippen LogP contribution in [0.4, 0.5) is 5.13 Å². The highest BCUT2D eigenvalue weighted by Gasteiger charge is 2.15. The highest BCUT2D eigenvalue weighted by atomic mass is 32.1. The Kier molecular flexibility index (Phi) is 5.20. The van der Waals surface area contributed by atoms with E-state index in [1.54, 1.807) is 6.92 Å². The monoisotopic (exact) mass is 350 g/mol. The molecule has 2 aromatic carbocycles. The van der Waals surface area contributed by atoms with Gasteiger partial charge in [0, 0.05) is 12.0 Å². The van der Waals surface area contributed by atoms with E-state index in [9.17, 15) is 4.79 Å². The molecule has 1 heterocycles. The normalized spacial score (nSPS) is 11.3. The third-order valence-corrected chi connectivity index (χ3v) is 4.51. The standard InChI is InChI=1S/C19H18N4OS/c1-2-15(24)21-18(20)23-19-22-16(13-9-5-3-6-10-13)17(25-19)14-11-7-4-8-12-14/h3-12H,2H2,1H3,(H3,20,21,22,23,24). The van der Waals surface area contributed by atoms with Crippen LogP contribution in [-0.2, 0) is 4.79 Å². The Morgan fingerprint density at radius 3 is 2.28 bits per heavy atom. The summed E-state index contributed by atoms with van der Waals surface area (Å²) in [5.74, 6) is -0.215. The zero-order chi connectivity index (χ0) is 17.6. The lowest BCUT2D eigenvalue weighted by Crippen LogP contribution is -2.23. The topological polar surface area (TPSA) is 80.4 Å². The van der Waals surface area contributed by atoms with Crippen LogP contribution in [-0.4, -0.2) is 16.9 Å². The molecule has 126 valence electrons. The second kappa shape index (κ2) is 7.72. The molecule has 1 amide bonds. The van der Waals surface area contributed by atoms with E-state index in [0.717, 1.165) is 21.7 Å². The van der Waals surface area contributed by atoms with Crippen molar-refractivity contribution >= 4 is 28.3 Å². The van der Waals surface area contributed by atoms with Gasteiger partial charge in [-0.15, -0.1) is 0 Å². The van der Waals surface area contributed by atoms with Crippen molar-refractivity contribution < 1.29 is 4.79 Å². The minimum absolute atomic E-state index is 0.0554. The molecule has 0 radical (unpaired) electrons. The van der Waals surface area contributed by atoms with E-state index in [1.807, 2.05) is 60.7 Å². The summed E-state index contributed by atoms with van der Waals surface area (Å²) in [5.41, 5.74) is 8.77. The molecule has 0 bridgehead atoms. The first kappa shape index (κ1) is 16.9. The average molecular weight is 350 g/mol. The molecule has 25 heavy (non-hydrogen) atoms. The smallest absolute Gasteiger partial charge is 0.248 e. The summed E-state index contributed by atoms with van der Waals surface area (Å²) in [4.78, 5) is 20.9. The van der Waals surface area contributed by atoms with Crippen molar-refractivity contribution in [1.29, 1.82) is 0 Å². The number of nitrogens with one attached hydrogen (secondary N) is 1. The van der Waals surface area contributed by atoms with Gasteiger partial charge in [0.2, 0.25) is 11.9 Å². The molecule has 6 heteroatoms. The molecule has 0 atom stereocenters. The van der Waals surface area contributed by atoms with E-state index in [1.165, 1.54) is 11.3 Å². The van der Waals surface area contributed by atoms with Gasteiger partial charge in [-0.25, -0.2) is 4.98 Å². The molecule has 5 nitrogen and oxygen atoms in total. The van der Waals surface area contributed by atoms with Gasteiger partial charge in [-0.05, 0) is 5.56 Å². The number of nitrogens with two attached hydrogens (primary N) is 1. The molecule has 1 aromatic heterocycles. The van der Waals surface area contributed by atoms with Gasteiger partial charge in [0.05, 0.1) is 10.6 Å². The summed E-state index contributed by atoms with van der Waals surface area (Å²) in [6.45, 7) is 1.74. The lowest BCUT2D eigenvalue weighted by atomic mass is 10.1. The maximum Gasteiger partial charge on any atom is 0.248 e. The van der Waals surface area contributed by atoms with Crippen molar-refractivity contribution in [2.45, 2.75) is 13.3 Å². The number of hydrogen-bond acceptors (Lipinski definition) is 3. The number of benzene rings is 2. The molecule has 0 saturated heterocycles. The minimum atomic E-state index is -0.270. The van der Waals surface area contributed by atoms with Crippen LogP contribution in [0, 0.1) is 0 Å². The molecule has 3 N–H and O–H groups in total. The number of anilines is 1. The SMILES string of the molecule is CCC(=O)/N=C(\N)Nc1nc(-c2ccccc2)c(-c2ccccc2)s1. The van der Waals surface area contributed by atoms with Gasteiger partial charge >= 0.3 is 0 Å². The first-order valence-electron chi connectivity index (χ1n) is 7.93. The summed E-state index contributed by atoms with van der Waals surface area (Å²) in [6, 6.07) is 20.0. The highest BCUT2D eigenvalue weighted by Crippen LogP contribution is 2.38. The van der Waals surface area contributed by atoms with Gasteiger partial charge < -0.3 is 11.1 Å². The molecule has 0 aliphatic heterocycles. The Balaban J connectivity index is 2.01. The van der Waals surface area contributed by atoms with Gasteiger partial charge in [0.15, 0.2) is 5.13 Å². The average Bonchev–Trinajstić information content (AvgIpc) is 3.06. The molecule has 0 spiro atoms. The maximum atomic E-state index is 11.4. The quantitative estimate of drug-likeness (QED) is 0.547.